The summed E-state index contributed by atoms with van der Waals surface area (Å²) in [6, 6.07) is -0.802. The molecule has 0 saturated carbocycles. The van der Waals surface area contributed by atoms with E-state index in [1.807, 2.05) is 0 Å². The average Bonchev–Trinajstić information content (AvgIpc) is 2.79. The Bertz CT molecular complexity index is 518. The number of imide groups is 1. The SMILES string of the molecule is CC(C)(C)OC(=O)C(CCCCN1C(=O)C=CC1=O)NC(=O)CN. The van der Waals surface area contributed by atoms with Crippen LogP contribution in [0.5, 0.6) is 0 Å². The van der Waals surface area contributed by atoms with Crippen molar-refractivity contribution in [3.05, 3.63) is 12.2 Å². The fraction of sp³-hybridized carbons (Fsp3) is 0.625. The predicted molar refractivity (Wildman–Crippen MR) is 86.5 cm³/mol. The molecule has 0 spiro atoms. The predicted octanol–water partition coefficient (Wildman–Crippen LogP) is -0.133. The van der Waals surface area contributed by atoms with Gasteiger partial charge in [0.15, 0.2) is 0 Å². The highest BCUT2D eigenvalue weighted by Crippen LogP contribution is 2.12. The third-order valence-corrected chi connectivity index (χ3v) is 3.24. The van der Waals surface area contributed by atoms with Gasteiger partial charge in [-0.15, -0.1) is 0 Å². The molecule has 1 aliphatic heterocycles. The Hall–Kier alpha value is -2.22. The summed E-state index contributed by atoms with van der Waals surface area (Å²) in [5.74, 6) is -1.64. The minimum Gasteiger partial charge on any atom is -0.458 e. The molecule has 0 aliphatic carbocycles. The van der Waals surface area contributed by atoms with Crippen molar-refractivity contribution in [2.45, 2.75) is 51.7 Å². The molecular formula is C16H25N3O5. The lowest BCUT2D eigenvalue weighted by Gasteiger charge is -2.24. The number of hydrogen-bond donors (Lipinski definition) is 2. The fourth-order valence-electron chi connectivity index (χ4n) is 2.15. The molecule has 0 aromatic heterocycles. The van der Waals surface area contributed by atoms with Gasteiger partial charge in [-0.25, -0.2) is 4.79 Å². The van der Waals surface area contributed by atoms with E-state index < -0.39 is 23.5 Å². The average molecular weight is 339 g/mol. The number of nitrogens with zero attached hydrogens (tertiary/aromatic N) is 1. The van der Waals surface area contributed by atoms with Crippen LogP contribution in [0.3, 0.4) is 0 Å². The quantitative estimate of drug-likeness (QED) is 0.361. The highest BCUT2D eigenvalue weighted by atomic mass is 16.6. The van der Waals surface area contributed by atoms with E-state index in [-0.39, 0.29) is 24.9 Å². The van der Waals surface area contributed by atoms with Gasteiger partial charge >= 0.3 is 5.97 Å². The van der Waals surface area contributed by atoms with E-state index in [1.54, 1.807) is 20.8 Å². The summed E-state index contributed by atoms with van der Waals surface area (Å²) in [6.07, 6.45) is 3.85. The first-order chi connectivity index (χ1) is 11.1. The molecule has 0 saturated heterocycles. The summed E-state index contributed by atoms with van der Waals surface area (Å²) in [5, 5.41) is 2.54. The second kappa shape index (κ2) is 8.58. The second-order valence-corrected chi connectivity index (χ2v) is 6.51. The standard InChI is InChI=1S/C16H25N3O5/c1-16(2,3)24-15(23)11(18-12(20)10-17)6-4-5-9-19-13(21)7-8-14(19)22/h7-8,11H,4-6,9-10,17H2,1-3H3,(H,18,20). The van der Waals surface area contributed by atoms with Gasteiger partial charge in [0.05, 0.1) is 6.54 Å². The Morgan fingerprint density at radius 1 is 1.21 bits per heavy atom. The maximum absolute atomic E-state index is 12.2. The van der Waals surface area contributed by atoms with E-state index in [0.29, 0.717) is 19.3 Å². The van der Waals surface area contributed by atoms with Gasteiger partial charge < -0.3 is 15.8 Å². The van der Waals surface area contributed by atoms with Crippen molar-refractivity contribution in [1.29, 1.82) is 0 Å². The van der Waals surface area contributed by atoms with E-state index >= 15 is 0 Å². The molecule has 0 bridgehead atoms. The zero-order valence-electron chi connectivity index (χ0n) is 14.3. The third-order valence-electron chi connectivity index (χ3n) is 3.24. The van der Waals surface area contributed by atoms with Crippen molar-refractivity contribution in [2.75, 3.05) is 13.1 Å². The number of rotatable bonds is 8. The molecule has 1 rings (SSSR count). The summed E-state index contributed by atoms with van der Waals surface area (Å²) in [4.78, 5) is 47.6. The normalized spacial score (nSPS) is 15.6. The summed E-state index contributed by atoms with van der Waals surface area (Å²) in [5.41, 5.74) is 4.60. The molecule has 3 N–H and O–H groups in total. The van der Waals surface area contributed by atoms with Crippen LogP contribution in [0.2, 0.25) is 0 Å². The Morgan fingerprint density at radius 2 is 1.79 bits per heavy atom. The van der Waals surface area contributed by atoms with Gasteiger partial charge in [0.25, 0.3) is 11.8 Å². The molecule has 3 amide bonds. The maximum Gasteiger partial charge on any atom is 0.329 e. The fourth-order valence-corrected chi connectivity index (χ4v) is 2.15. The number of esters is 1. The molecule has 1 aliphatic rings. The first-order valence-corrected chi connectivity index (χ1v) is 7.90. The molecule has 0 aromatic carbocycles. The van der Waals surface area contributed by atoms with Crippen LogP contribution in [-0.2, 0) is 23.9 Å². The summed E-state index contributed by atoms with van der Waals surface area (Å²) >= 11 is 0. The molecule has 24 heavy (non-hydrogen) atoms. The summed E-state index contributed by atoms with van der Waals surface area (Å²) in [7, 11) is 0. The van der Waals surface area contributed by atoms with Crippen LogP contribution in [0.15, 0.2) is 12.2 Å². The van der Waals surface area contributed by atoms with Crippen LogP contribution in [-0.4, -0.2) is 53.3 Å². The lowest BCUT2D eigenvalue weighted by molar-refractivity contribution is -0.158. The second-order valence-electron chi connectivity index (χ2n) is 6.51. The lowest BCUT2D eigenvalue weighted by atomic mass is 10.1. The number of amides is 3. The Morgan fingerprint density at radius 3 is 2.29 bits per heavy atom. The summed E-state index contributed by atoms with van der Waals surface area (Å²) in [6.45, 7) is 5.28. The number of hydrogen-bond acceptors (Lipinski definition) is 6. The molecule has 1 heterocycles. The number of unbranched alkanes of at least 4 members (excludes halogenated alkanes) is 1. The van der Waals surface area contributed by atoms with Gasteiger partial charge in [-0.05, 0) is 40.0 Å². The molecule has 1 unspecified atom stereocenters. The van der Waals surface area contributed by atoms with Crippen LogP contribution in [0.25, 0.3) is 0 Å². The number of nitrogens with one attached hydrogen (secondary N) is 1. The van der Waals surface area contributed by atoms with Crippen molar-refractivity contribution < 1.29 is 23.9 Å². The monoisotopic (exact) mass is 339 g/mol. The van der Waals surface area contributed by atoms with Crippen molar-refractivity contribution in [3.8, 4) is 0 Å². The van der Waals surface area contributed by atoms with Crippen molar-refractivity contribution in [3.63, 3.8) is 0 Å². The third kappa shape index (κ3) is 6.49. The molecular weight excluding hydrogens is 314 g/mol. The highest BCUT2D eigenvalue weighted by Gasteiger charge is 2.27. The van der Waals surface area contributed by atoms with Crippen LogP contribution in [0, 0.1) is 0 Å². The number of carbonyl (C=O) groups is 4. The molecule has 0 fully saturated rings. The van der Waals surface area contributed by atoms with E-state index in [4.69, 9.17) is 10.5 Å². The van der Waals surface area contributed by atoms with Crippen molar-refractivity contribution in [1.82, 2.24) is 10.2 Å². The molecule has 0 radical (unpaired) electrons. The first-order valence-electron chi connectivity index (χ1n) is 7.90. The molecule has 8 heteroatoms. The zero-order valence-corrected chi connectivity index (χ0v) is 14.3. The van der Waals surface area contributed by atoms with Gasteiger partial charge in [-0.1, -0.05) is 0 Å². The van der Waals surface area contributed by atoms with Crippen LogP contribution in [0.4, 0.5) is 0 Å². The van der Waals surface area contributed by atoms with Crippen molar-refractivity contribution >= 4 is 23.7 Å². The zero-order chi connectivity index (χ0) is 18.3. The number of nitrogens with two attached hydrogens (primary N) is 1. The Kier molecular flexibility index (Phi) is 7.09. The Balaban J connectivity index is 2.49. The number of ether oxygens (including phenoxy) is 1. The Labute approximate surface area is 141 Å². The largest absolute Gasteiger partial charge is 0.458 e. The first kappa shape index (κ1) is 19.8. The van der Waals surface area contributed by atoms with E-state index in [0.717, 1.165) is 4.90 Å². The van der Waals surface area contributed by atoms with Gasteiger partial charge in [0, 0.05) is 18.7 Å². The van der Waals surface area contributed by atoms with Gasteiger partial charge in [-0.3, -0.25) is 19.3 Å². The van der Waals surface area contributed by atoms with E-state index in [9.17, 15) is 19.2 Å². The van der Waals surface area contributed by atoms with Gasteiger partial charge in [0.2, 0.25) is 5.91 Å². The lowest BCUT2D eigenvalue weighted by Crippen LogP contribution is -2.46. The van der Waals surface area contributed by atoms with E-state index in [1.165, 1.54) is 12.2 Å². The molecule has 0 aromatic rings. The molecule has 1 atom stereocenters. The van der Waals surface area contributed by atoms with E-state index in [2.05, 4.69) is 5.32 Å². The topological polar surface area (TPSA) is 119 Å². The molecule has 8 nitrogen and oxygen atoms in total. The van der Waals surface area contributed by atoms with Crippen LogP contribution in [0.1, 0.15) is 40.0 Å². The smallest absolute Gasteiger partial charge is 0.329 e. The minimum atomic E-state index is -0.802. The molecule has 134 valence electrons. The minimum absolute atomic E-state index is 0.220. The van der Waals surface area contributed by atoms with Crippen molar-refractivity contribution in [2.24, 2.45) is 5.73 Å². The van der Waals surface area contributed by atoms with Crippen LogP contribution >= 0.6 is 0 Å². The highest BCUT2D eigenvalue weighted by molar-refractivity contribution is 6.12. The number of carbonyl (C=O) groups excluding carboxylic acids is 4. The summed E-state index contributed by atoms with van der Waals surface area (Å²) < 4.78 is 5.29. The van der Waals surface area contributed by atoms with Crippen LogP contribution < -0.4 is 11.1 Å². The van der Waals surface area contributed by atoms with Gasteiger partial charge in [0.1, 0.15) is 11.6 Å². The maximum atomic E-state index is 12.2. The van der Waals surface area contributed by atoms with Gasteiger partial charge in [-0.2, -0.15) is 0 Å².